The molecule has 0 aliphatic heterocycles. The number of rotatable bonds is 5. The van der Waals surface area contributed by atoms with Crippen LogP contribution < -0.4 is 10.1 Å². The van der Waals surface area contributed by atoms with E-state index in [1.807, 2.05) is 0 Å². The van der Waals surface area contributed by atoms with Crippen LogP contribution in [-0.2, 0) is 0 Å². The standard InChI is InChI=1S/C10H14FNO2/c1-2-14-10-7-8(12-5-6-13)3-4-9(10)11/h3-4,7,12-13H,2,5-6H2,1H3. The molecule has 1 rings (SSSR count). The molecule has 0 aromatic heterocycles. The number of halogens is 1. The van der Waals surface area contributed by atoms with E-state index in [0.29, 0.717) is 13.2 Å². The molecular weight excluding hydrogens is 185 g/mol. The first-order valence-electron chi connectivity index (χ1n) is 4.55. The molecule has 0 amide bonds. The molecule has 78 valence electrons. The fourth-order valence-electron chi connectivity index (χ4n) is 1.08. The summed E-state index contributed by atoms with van der Waals surface area (Å²) in [6, 6.07) is 4.52. The average molecular weight is 199 g/mol. The average Bonchev–Trinajstić information content (AvgIpc) is 2.19. The summed E-state index contributed by atoms with van der Waals surface area (Å²) in [7, 11) is 0. The number of aliphatic hydroxyl groups is 1. The maximum absolute atomic E-state index is 13.1. The minimum atomic E-state index is -0.374. The van der Waals surface area contributed by atoms with Crippen LogP contribution in [-0.4, -0.2) is 24.9 Å². The Morgan fingerprint density at radius 1 is 1.50 bits per heavy atom. The van der Waals surface area contributed by atoms with Crippen molar-refractivity contribution >= 4 is 5.69 Å². The quantitative estimate of drug-likeness (QED) is 0.757. The van der Waals surface area contributed by atoms with Gasteiger partial charge in [0.25, 0.3) is 0 Å². The van der Waals surface area contributed by atoms with E-state index in [1.165, 1.54) is 6.07 Å². The van der Waals surface area contributed by atoms with Crippen molar-refractivity contribution in [3.63, 3.8) is 0 Å². The second kappa shape index (κ2) is 5.44. The van der Waals surface area contributed by atoms with Gasteiger partial charge in [0.05, 0.1) is 13.2 Å². The summed E-state index contributed by atoms with van der Waals surface area (Å²) in [6.45, 7) is 2.71. The monoisotopic (exact) mass is 199 g/mol. The van der Waals surface area contributed by atoms with Crippen LogP contribution in [0, 0.1) is 5.82 Å². The van der Waals surface area contributed by atoms with Crippen LogP contribution in [0.5, 0.6) is 5.75 Å². The van der Waals surface area contributed by atoms with E-state index in [2.05, 4.69) is 5.32 Å². The fourth-order valence-corrected chi connectivity index (χ4v) is 1.08. The van der Waals surface area contributed by atoms with Crippen molar-refractivity contribution in [2.24, 2.45) is 0 Å². The molecule has 2 N–H and O–H groups in total. The summed E-state index contributed by atoms with van der Waals surface area (Å²) in [5, 5.41) is 11.5. The predicted octanol–water partition coefficient (Wildman–Crippen LogP) is 1.63. The number of hydrogen-bond donors (Lipinski definition) is 2. The van der Waals surface area contributed by atoms with Crippen LogP contribution in [0.15, 0.2) is 18.2 Å². The van der Waals surface area contributed by atoms with Gasteiger partial charge in [-0.2, -0.15) is 0 Å². The van der Waals surface area contributed by atoms with Crippen LogP contribution in [0.2, 0.25) is 0 Å². The molecule has 0 atom stereocenters. The van der Waals surface area contributed by atoms with Crippen LogP contribution in [0.1, 0.15) is 6.92 Å². The zero-order chi connectivity index (χ0) is 10.4. The van der Waals surface area contributed by atoms with Gasteiger partial charge in [-0.1, -0.05) is 0 Å². The van der Waals surface area contributed by atoms with Gasteiger partial charge in [0.1, 0.15) is 0 Å². The lowest BCUT2D eigenvalue weighted by Gasteiger charge is -2.08. The summed E-state index contributed by atoms with van der Waals surface area (Å²) in [4.78, 5) is 0. The number of nitrogens with one attached hydrogen (secondary N) is 1. The summed E-state index contributed by atoms with van der Waals surface area (Å²) in [5.74, 6) is -0.142. The minimum Gasteiger partial charge on any atom is -0.491 e. The van der Waals surface area contributed by atoms with Crippen LogP contribution in [0.4, 0.5) is 10.1 Å². The van der Waals surface area contributed by atoms with Crippen molar-refractivity contribution in [2.75, 3.05) is 25.1 Å². The number of benzene rings is 1. The summed E-state index contributed by atoms with van der Waals surface area (Å²) in [6.07, 6.45) is 0. The third-order valence-electron chi connectivity index (χ3n) is 1.67. The van der Waals surface area contributed by atoms with Gasteiger partial charge in [-0.15, -0.1) is 0 Å². The highest BCUT2D eigenvalue weighted by atomic mass is 19.1. The zero-order valence-corrected chi connectivity index (χ0v) is 8.09. The van der Waals surface area contributed by atoms with E-state index in [1.54, 1.807) is 19.1 Å². The van der Waals surface area contributed by atoms with Crippen molar-refractivity contribution < 1.29 is 14.2 Å². The maximum atomic E-state index is 13.1. The van der Waals surface area contributed by atoms with Crippen molar-refractivity contribution in [3.05, 3.63) is 24.0 Å². The lowest BCUT2D eigenvalue weighted by atomic mass is 10.3. The Morgan fingerprint density at radius 2 is 2.29 bits per heavy atom. The Morgan fingerprint density at radius 3 is 2.93 bits per heavy atom. The van der Waals surface area contributed by atoms with E-state index in [4.69, 9.17) is 9.84 Å². The van der Waals surface area contributed by atoms with Crippen LogP contribution in [0.25, 0.3) is 0 Å². The molecule has 0 aliphatic carbocycles. The topological polar surface area (TPSA) is 41.5 Å². The van der Waals surface area contributed by atoms with E-state index < -0.39 is 0 Å². The van der Waals surface area contributed by atoms with Gasteiger partial charge in [0, 0.05) is 18.3 Å². The van der Waals surface area contributed by atoms with Gasteiger partial charge < -0.3 is 15.2 Å². The smallest absolute Gasteiger partial charge is 0.165 e. The van der Waals surface area contributed by atoms with Gasteiger partial charge in [-0.25, -0.2) is 4.39 Å². The molecular formula is C10H14FNO2. The molecule has 0 fully saturated rings. The number of hydrogen-bond acceptors (Lipinski definition) is 3. The molecule has 4 heteroatoms. The van der Waals surface area contributed by atoms with Crippen LogP contribution in [0.3, 0.4) is 0 Å². The van der Waals surface area contributed by atoms with Crippen molar-refractivity contribution in [2.45, 2.75) is 6.92 Å². The van der Waals surface area contributed by atoms with Gasteiger partial charge in [-0.05, 0) is 19.1 Å². The fraction of sp³-hybridized carbons (Fsp3) is 0.400. The zero-order valence-electron chi connectivity index (χ0n) is 8.09. The molecule has 0 aliphatic rings. The molecule has 1 aromatic carbocycles. The number of aliphatic hydroxyl groups excluding tert-OH is 1. The summed E-state index contributed by atoms with van der Waals surface area (Å²) in [5.41, 5.74) is 0.740. The van der Waals surface area contributed by atoms with Gasteiger partial charge >= 0.3 is 0 Å². The third kappa shape index (κ3) is 2.88. The first-order chi connectivity index (χ1) is 6.77. The lowest BCUT2D eigenvalue weighted by molar-refractivity contribution is 0.310. The van der Waals surface area contributed by atoms with E-state index in [0.717, 1.165) is 5.69 Å². The Hall–Kier alpha value is -1.29. The van der Waals surface area contributed by atoms with Crippen molar-refractivity contribution in [1.29, 1.82) is 0 Å². The van der Waals surface area contributed by atoms with E-state index in [-0.39, 0.29) is 18.2 Å². The molecule has 1 aromatic rings. The summed E-state index contributed by atoms with van der Waals surface area (Å²) < 4.78 is 18.2. The predicted molar refractivity (Wildman–Crippen MR) is 53.1 cm³/mol. The maximum Gasteiger partial charge on any atom is 0.165 e. The SMILES string of the molecule is CCOc1cc(NCCO)ccc1F. The summed E-state index contributed by atoms with van der Waals surface area (Å²) >= 11 is 0. The Kier molecular flexibility index (Phi) is 4.19. The van der Waals surface area contributed by atoms with Gasteiger partial charge in [0.2, 0.25) is 0 Å². The van der Waals surface area contributed by atoms with Crippen LogP contribution >= 0.6 is 0 Å². The third-order valence-corrected chi connectivity index (χ3v) is 1.67. The number of anilines is 1. The largest absolute Gasteiger partial charge is 0.491 e. The lowest BCUT2D eigenvalue weighted by Crippen LogP contribution is -2.05. The molecule has 3 nitrogen and oxygen atoms in total. The normalized spacial score (nSPS) is 9.93. The molecule has 0 radical (unpaired) electrons. The first kappa shape index (κ1) is 10.8. The molecule has 0 spiro atoms. The highest BCUT2D eigenvalue weighted by molar-refractivity contribution is 5.48. The second-order valence-electron chi connectivity index (χ2n) is 2.73. The molecule has 0 saturated heterocycles. The Labute approximate surface area is 82.5 Å². The highest BCUT2D eigenvalue weighted by Crippen LogP contribution is 2.21. The Balaban J connectivity index is 2.72. The molecule has 0 heterocycles. The molecule has 14 heavy (non-hydrogen) atoms. The second-order valence-corrected chi connectivity index (χ2v) is 2.73. The molecule has 0 saturated carbocycles. The molecule has 0 unspecified atom stereocenters. The van der Waals surface area contributed by atoms with Gasteiger partial charge in [-0.3, -0.25) is 0 Å². The molecule has 0 bridgehead atoms. The minimum absolute atomic E-state index is 0.0430. The highest BCUT2D eigenvalue weighted by Gasteiger charge is 2.03. The van der Waals surface area contributed by atoms with E-state index >= 15 is 0 Å². The first-order valence-corrected chi connectivity index (χ1v) is 4.55. The van der Waals surface area contributed by atoms with E-state index in [9.17, 15) is 4.39 Å². The van der Waals surface area contributed by atoms with Crippen molar-refractivity contribution in [3.8, 4) is 5.75 Å². The number of ether oxygens (including phenoxy) is 1. The van der Waals surface area contributed by atoms with Gasteiger partial charge in [0.15, 0.2) is 11.6 Å². The Bertz CT molecular complexity index is 291. The van der Waals surface area contributed by atoms with Crippen molar-refractivity contribution in [1.82, 2.24) is 0 Å².